The van der Waals surface area contributed by atoms with E-state index in [-0.39, 0.29) is 18.1 Å². The van der Waals surface area contributed by atoms with Gasteiger partial charge in [-0.3, -0.25) is 9.69 Å². The number of amides is 1. The van der Waals surface area contributed by atoms with E-state index in [2.05, 4.69) is 25.3 Å². The topological polar surface area (TPSA) is 121 Å². The van der Waals surface area contributed by atoms with Gasteiger partial charge in [0.25, 0.3) is 5.91 Å². The van der Waals surface area contributed by atoms with Crippen LogP contribution in [-0.2, 0) is 10.4 Å². The molecule has 176 valence electrons. The Kier molecular flexibility index (Phi) is 5.07. The number of anilines is 1. The third-order valence-electron chi connectivity index (χ3n) is 6.97. The van der Waals surface area contributed by atoms with Gasteiger partial charge in [0.2, 0.25) is 11.5 Å². The average Bonchev–Trinajstić information content (AvgIpc) is 3.28. The normalized spacial score (nSPS) is 25.3. The second-order valence-electron chi connectivity index (χ2n) is 9.44. The highest BCUT2D eigenvalue weighted by Gasteiger charge is 2.48. The fourth-order valence-corrected chi connectivity index (χ4v) is 4.82. The summed E-state index contributed by atoms with van der Waals surface area (Å²) < 4.78 is 5.37. The molecule has 1 saturated carbocycles. The van der Waals surface area contributed by atoms with E-state index in [4.69, 9.17) is 9.51 Å². The summed E-state index contributed by atoms with van der Waals surface area (Å²) in [5.74, 6) is 0.344. The third-order valence-corrected chi connectivity index (χ3v) is 6.97. The van der Waals surface area contributed by atoms with Crippen LogP contribution in [0.1, 0.15) is 31.4 Å². The number of likely N-dealkylation sites (N-methyl/N-ethyl adjacent to an activating group) is 1. The zero-order valence-electron chi connectivity index (χ0n) is 19.0. The summed E-state index contributed by atoms with van der Waals surface area (Å²) >= 11 is 0. The summed E-state index contributed by atoms with van der Waals surface area (Å²) in [6.45, 7) is 2.62. The Balaban J connectivity index is 1.21. The molecule has 0 bridgehead atoms. The number of rotatable bonds is 6. The highest BCUT2D eigenvalue weighted by Crippen LogP contribution is 2.35. The number of hydrogen-bond acceptors (Lipinski definition) is 9. The van der Waals surface area contributed by atoms with Gasteiger partial charge in [-0.2, -0.15) is 0 Å². The number of aromatic nitrogens is 4. The molecule has 3 aromatic rings. The van der Waals surface area contributed by atoms with Crippen LogP contribution in [0.3, 0.4) is 0 Å². The first kappa shape index (κ1) is 21.2. The number of hydrogen-bond donors (Lipinski definition) is 2. The van der Waals surface area contributed by atoms with Crippen molar-refractivity contribution in [2.45, 2.75) is 43.4 Å². The molecule has 2 atom stereocenters. The number of nitrogens with zero attached hydrogens (tertiary/aromatic N) is 6. The third kappa shape index (κ3) is 3.82. The molecular weight excluding hydrogens is 434 g/mol. The molecular formula is C24H27N7O3. The molecule has 0 aromatic carbocycles. The van der Waals surface area contributed by atoms with Gasteiger partial charge >= 0.3 is 0 Å². The molecule has 2 aliphatic heterocycles. The molecule has 5 heterocycles. The maximum Gasteiger partial charge on any atom is 0.262 e. The average molecular weight is 462 g/mol. The Labute approximate surface area is 197 Å². The molecule has 6 rings (SSSR count). The zero-order valence-corrected chi connectivity index (χ0v) is 19.0. The summed E-state index contributed by atoms with van der Waals surface area (Å²) in [5, 5.41) is 18.4. The van der Waals surface area contributed by atoms with Crippen LogP contribution >= 0.6 is 0 Å². The number of carbonyl (C=O) groups excluding carboxylic acids is 1. The van der Waals surface area contributed by atoms with Crippen molar-refractivity contribution < 1.29 is 14.4 Å². The van der Waals surface area contributed by atoms with Crippen molar-refractivity contribution in [2.24, 2.45) is 0 Å². The van der Waals surface area contributed by atoms with E-state index in [9.17, 15) is 9.90 Å². The number of likely N-dealkylation sites (tertiary alicyclic amines) is 2. The van der Waals surface area contributed by atoms with Crippen LogP contribution in [0.15, 0.2) is 41.1 Å². The minimum atomic E-state index is -1.68. The van der Waals surface area contributed by atoms with Gasteiger partial charge in [0.05, 0.1) is 17.1 Å². The first-order valence-corrected chi connectivity index (χ1v) is 11.8. The fourth-order valence-electron chi connectivity index (χ4n) is 4.82. The molecule has 0 radical (unpaired) electrons. The van der Waals surface area contributed by atoms with Gasteiger partial charge in [0.15, 0.2) is 5.76 Å². The van der Waals surface area contributed by atoms with Crippen LogP contribution in [-0.4, -0.2) is 79.7 Å². The highest BCUT2D eigenvalue weighted by molar-refractivity contribution is 5.87. The monoisotopic (exact) mass is 461 g/mol. The minimum absolute atomic E-state index is 0.134. The largest absolute Gasteiger partial charge is 0.373 e. The molecule has 3 aliphatic rings. The molecule has 2 saturated heterocycles. The van der Waals surface area contributed by atoms with E-state index in [1.807, 2.05) is 24.3 Å². The molecule has 10 nitrogen and oxygen atoms in total. The molecule has 1 aliphatic carbocycles. The van der Waals surface area contributed by atoms with Crippen molar-refractivity contribution in [1.82, 2.24) is 29.9 Å². The van der Waals surface area contributed by atoms with Gasteiger partial charge in [-0.05, 0) is 37.5 Å². The van der Waals surface area contributed by atoms with Crippen LogP contribution in [0, 0.1) is 0 Å². The van der Waals surface area contributed by atoms with Gasteiger partial charge in [0, 0.05) is 57.4 Å². The lowest BCUT2D eigenvalue weighted by atomic mass is 9.98. The van der Waals surface area contributed by atoms with Crippen LogP contribution in [0.4, 0.5) is 5.95 Å². The standard InChI is InChI=1S/C24H27N7O3/c1-30-12-9-24(33,22(30)32)21-13-20(29-34-21)18-4-2-3-17(27-18)19-7-10-25-23(28-19)26-15-8-11-31(14-15)16-5-6-16/h2-4,7,10,13,15-16,33H,5-6,8-9,11-12,14H2,1H3,(H,25,26,28)/t15?,24-/m1/s1. The maximum absolute atomic E-state index is 12.4. The van der Waals surface area contributed by atoms with Gasteiger partial charge < -0.3 is 19.8 Å². The lowest BCUT2D eigenvalue weighted by Crippen LogP contribution is -2.35. The Hall–Kier alpha value is -3.37. The van der Waals surface area contributed by atoms with Crippen molar-refractivity contribution in [3.63, 3.8) is 0 Å². The molecule has 0 spiro atoms. The van der Waals surface area contributed by atoms with Crippen LogP contribution in [0.2, 0.25) is 0 Å². The van der Waals surface area contributed by atoms with E-state index in [1.54, 1.807) is 19.3 Å². The summed E-state index contributed by atoms with van der Waals surface area (Å²) in [4.78, 5) is 30.2. The first-order valence-electron chi connectivity index (χ1n) is 11.8. The van der Waals surface area contributed by atoms with E-state index < -0.39 is 5.60 Å². The van der Waals surface area contributed by atoms with Gasteiger partial charge in [0.1, 0.15) is 5.69 Å². The van der Waals surface area contributed by atoms with E-state index in [1.165, 1.54) is 17.7 Å². The zero-order chi connectivity index (χ0) is 23.3. The van der Waals surface area contributed by atoms with Crippen LogP contribution in [0.5, 0.6) is 0 Å². The van der Waals surface area contributed by atoms with E-state index in [0.29, 0.717) is 41.3 Å². The van der Waals surface area contributed by atoms with Crippen molar-refractivity contribution >= 4 is 11.9 Å². The molecule has 3 fully saturated rings. The Morgan fingerprint density at radius 2 is 1.88 bits per heavy atom. The van der Waals surface area contributed by atoms with Crippen molar-refractivity contribution in [3.05, 3.63) is 42.3 Å². The summed E-state index contributed by atoms with van der Waals surface area (Å²) in [6.07, 6.45) is 5.73. The van der Waals surface area contributed by atoms with E-state index in [0.717, 1.165) is 25.6 Å². The highest BCUT2D eigenvalue weighted by atomic mass is 16.5. The SMILES string of the molecule is CN1CC[C@@](O)(c2cc(-c3cccc(-c4ccnc(NC5CCN(C6CC6)C5)n4)n3)no2)C1=O. The Bertz CT molecular complexity index is 1230. The Morgan fingerprint density at radius 1 is 1.09 bits per heavy atom. The lowest BCUT2D eigenvalue weighted by molar-refractivity contribution is -0.144. The molecule has 10 heteroatoms. The van der Waals surface area contributed by atoms with Crippen LogP contribution < -0.4 is 5.32 Å². The lowest BCUT2D eigenvalue weighted by Gasteiger charge is -2.16. The summed E-state index contributed by atoms with van der Waals surface area (Å²) in [6, 6.07) is 10.1. The molecule has 2 N–H and O–H groups in total. The van der Waals surface area contributed by atoms with Gasteiger partial charge in [-0.1, -0.05) is 11.2 Å². The van der Waals surface area contributed by atoms with Crippen molar-refractivity contribution in [1.29, 1.82) is 0 Å². The quantitative estimate of drug-likeness (QED) is 0.567. The number of nitrogens with one attached hydrogen (secondary N) is 1. The predicted octanol–water partition coefficient (Wildman–Crippen LogP) is 1.89. The van der Waals surface area contributed by atoms with Crippen molar-refractivity contribution in [2.75, 3.05) is 32.0 Å². The number of pyridine rings is 1. The maximum atomic E-state index is 12.4. The fraction of sp³-hybridized carbons (Fsp3) is 0.458. The second kappa shape index (κ2) is 8.14. The molecule has 1 unspecified atom stereocenters. The smallest absolute Gasteiger partial charge is 0.262 e. The number of aliphatic hydroxyl groups is 1. The number of carbonyl (C=O) groups is 1. The molecule has 34 heavy (non-hydrogen) atoms. The predicted molar refractivity (Wildman–Crippen MR) is 124 cm³/mol. The first-order chi connectivity index (χ1) is 16.5. The molecule has 3 aromatic heterocycles. The van der Waals surface area contributed by atoms with Gasteiger partial charge in [-0.15, -0.1) is 0 Å². The van der Waals surface area contributed by atoms with Crippen LogP contribution in [0.25, 0.3) is 22.8 Å². The minimum Gasteiger partial charge on any atom is -0.373 e. The van der Waals surface area contributed by atoms with Gasteiger partial charge in [-0.25, -0.2) is 15.0 Å². The summed E-state index contributed by atoms with van der Waals surface area (Å²) in [7, 11) is 1.66. The van der Waals surface area contributed by atoms with E-state index >= 15 is 0 Å². The second-order valence-corrected chi connectivity index (χ2v) is 9.44. The summed E-state index contributed by atoms with van der Waals surface area (Å²) in [5.41, 5.74) is 0.713. The molecule has 1 amide bonds. The Morgan fingerprint density at radius 3 is 2.65 bits per heavy atom. The van der Waals surface area contributed by atoms with Crippen molar-refractivity contribution in [3.8, 4) is 22.8 Å².